The average molecular weight is 393 g/mol. The largest absolute Gasteiger partial charge is 0.481 e. The Hall–Kier alpha value is -2.97. The number of hydrogen-bond donors (Lipinski definition) is 1. The summed E-state index contributed by atoms with van der Waals surface area (Å²) >= 11 is 0. The number of hydrogen-bond acceptors (Lipinski definition) is 4. The summed E-state index contributed by atoms with van der Waals surface area (Å²) in [5.41, 5.74) is 0.763. The maximum atomic E-state index is 13.3. The zero-order valence-corrected chi connectivity index (χ0v) is 15.6. The standard InChI is InChI=1S/C19H21F2N3O4/c1-11-15(19(26)27)10-22-24(11)13-5-7-23(8-6-13)18(25)12(2)28-14-3-4-16(20)17(21)9-14/h3-4,9-10,12-13H,5-8H2,1-2H3,(H,26,27). The van der Waals surface area contributed by atoms with Gasteiger partial charge in [-0.05, 0) is 38.8 Å². The van der Waals surface area contributed by atoms with Crippen molar-refractivity contribution in [2.24, 2.45) is 0 Å². The Morgan fingerprint density at radius 1 is 1.25 bits per heavy atom. The van der Waals surface area contributed by atoms with Crippen LogP contribution < -0.4 is 4.74 Å². The molecule has 0 spiro atoms. The SMILES string of the molecule is Cc1c(C(=O)O)cnn1C1CCN(C(=O)C(C)Oc2ccc(F)c(F)c2)CC1. The van der Waals surface area contributed by atoms with E-state index in [0.29, 0.717) is 31.6 Å². The molecule has 1 aliphatic heterocycles. The van der Waals surface area contributed by atoms with Crippen molar-refractivity contribution in [3.63, 3.8) is 0 Å². The lowest BCUT2D eigenvalue weighted by atomic mass is 10.0. The first-order chi connectivity index (χ1) is 13.3. The molecule has 1 amide bonds. The molecule has 3 rings (SSSR count). The highest BCUT2D eigenvalue weighted by Crippen LogP contribution is 2.25. The van der Waals surface area contributed by atoms with E-state index in [1.54, 1.807) is 23.4 Å². The number of amides is 1. The highest BCUT2D eigenvalue weighted by Gasteiger charge is 2.29. The third-order valence-corrected chi connectivity index (χ3v) is 4.95. The summed E-state index contributed by atoms with van der Waals surface area (Å²) in [7, 11) is 0. The Kier molecular flexibility index (Phi) is 5.62. The zero-order chi connectivity index (χ0) is 20.4. The van der Waals surface area contributed by atoms with Crippen LogP contribution >= 0.6 is 0 Å². The third-order valence-electron chi connectivity index (χ3n) is 4.95. The van der Waals surface area contributed by atoms with Crippen molar-refractivity contribution >= 4 is 11.9 Å². The summed E-state index contributed by atoms with van der Waals surface area (Å²) in [6.45, 7) is 4.21. The van der Waals surface area contributed by atoms with E-state index in [0.717, 1.165) is 12.1 Å². The first kappa shape index (κ1) is 19.8. The van der Waals surface area contributed by atoms with Gasteiger partial charge in [0.2, 0.25) is 0 Å². The summed E-state index contributed by atoms with van der Waals surface area (Å²) in [5, 5.41) is 13.3. The lowest BCUT2D eigenvalue weighted by molar-refractivity contribution is -0.139. The molecule has 28 heavy (non-hydrogen) atoms. The minimum absolute atomic E-state index is 0.0135. The van der Waals surface area contributed by atoms with Crippen LogP contribution in [0.5, 0.6) is 5.75 Å². The van der Waals surface area contributed by atoms with Crippen molar-refractivity contribution in [2.45, 2.75) is 38.8 Å². The topological polar surface area (TPSA) is 84.7 Å². The van der Waals surface area contributed by atoms with Crippen LogP contribution in [-0.4, -0.2) is 50.9 Å². The van der Waals surface area contributed by atoms with E-state index in [1.165, 1.54) is 12.3 Å². The van der Waals surface area contributed by atoms with E-state index in [1.807, 2.05) is 0 Å². The van der Waals surface area contributed by atoms with E-state index < -0.39 is 23.7 Å². The molecule has 1 N–H and O–H groups in total. The van der Waals surface area contributed by atoms with Crippen LogP contribution in [0.4, 0.5) is 8.78 Å². The monoisotopic (exact) mass is 393 g/mol. The predicted octanol–water partition coefficient (Wildman–Crippen LogP) is 2.80. The normalized spacial score (nSPS) is 16.1. The van der Waals surface area contributed by atoms with Crippen molar-refractivity contribution in [3.8, 4) is 5.75 Å². The maximum Gasteiger partial charge on any atom is 0.339 e. The molecular weight excluding hydrogens is 372 g/mol. The number of aromatic nitrogens is 2. The highest BCUT2D eigenvalue weighted by molar-refractivity contribution is 5.88. The van der Waals surface area contributed by atoms with Gasteiger partial charge in [-0.1, -0.05) is 0 Å². The summed E-state index contributed by atoms with van der Waals surface area (Å²) in [5.74, 6) is -3.18. The second-order valence-corrected chi connectivity index (χ2v) is 6.79. The molecule has 0 radical (unpaired) electrons. The minimum Gasteiger partial charge on any atom is -0.481 e. The number of aromatic carboxylic acids is 1. The molecule has 1 saturated heterocycles. The molecule has 1 atom stereocenters. The van der Waals surface area contributed by atoms with Gasteiger partial charge in [-0.15, -0.1) is 0 Å². The molecule has 1 aromatic carbocycles. The van der Waals surface area contributed by atoms with Gasteiger partial charge >= 0.3 is 5.97 Å². The van der Waals surface area contributed by atoms with Crippen molar-refractivity contribution in [1.82, 2.24) is 14.7 Å². The van der Waals surface area contributed by atoms with Crippen LogP contribution in [0, 0.1) is 18.6 Å². The lowest BCUT2D eigenvalue weighted by Gasteiger charge is -2.34. The van der Waals surface area contributed by atoms with Gasteiger partial charge in [-0.2, -0.15) is 5.10 Å². The van der Waals surface area contributed by atoms with Crippen LogP contribution in [0.25, 0.3) is 0 Å². The second kappa shape index (κ2) is 7.95. The molecule has 1 unspecified atom stereocenters. The molecule has 2 heterocycles. The summed E-state index contributed by atoms with van der Waals surface area (Å²) < 4.78 is 33.4. The van der Waals surface area contributed by atoms with Crippen molar-refractivity contribution in [3.05, 3.63) is 47.3 Å². The first-order valence-electron chi connectivity index (χ1n) is 8.95. The van der Waals surface area contributed by atoms with E-state index in [9.17, 15) is 18.4 Å². The highest BCUT2D eigenvalue weighted by atomic mass is 19.2. The molecule has 7 nitrogen and oxygen atoms in total. The third kappa shape index (κ3) is 3.97. The van der Waals surface area contributed by atoms with Crippen LogP contribution in [0.3, 0.4) is 0 Å². The number of nitrogens with zero attached hydrogens (tertiary/aromatic N) is 3. The average Bonchev–Trinajstić information content (AvgIpc) is 3.06. The van der Waals surface area contributed by atoms with E-state index in [2.05, 4.69) is 5.10 Å². The van der Waals surface area contributed by atoms with Crippen LogP contribution in [0.1, 0.15) is 41.9 Å². The molecule has 9 heteroatoms. The minimum atomic E-state index is -1.03. The van der Waals surface area contributed by atoms with E-state index in [4.69, 9.17) is 9.84 Å². The fourth-order valence-electron chi connectivity index (χ4n) is 3.39. The maximum absolute atomic E-state index is 13.3. The molecule has 150 valence electrons. The number of rotatable bonds is 5. The number of piperidine rings is 1. The van der Waals surface area contributed by atoms with E-state index in [-0.39, 0.29) is 23.3 Å². The predicted molar refractivity (Wildman–Crippen MR) is 95.2 cm³/mol. The molecule has 1 aromatic heterocycles. The Balaban J connectivity index is 1.58. The molecule has 2 aromatic rings. The number of carbonyl (C=O) groups excluding carboxylic acids is 1. The molecule has 0 bridgehead atoms. The van der Waals surface area contributed by atoms with Gasteiger partial charge < -0.3 is 14.7 Å². The Morgan fingerprint density at radius 2 is 1.93 bits per heavy atom. The van der Waals surface area contributed by atoms with Crippen LogP contribution in [0.15, 0.2) is 24.4 Å². The van der Waals surface area contributed by atoms with Gasteiger partial charge in [0.25, 0.3) is 5.91 Å². The number of ether oxygens (including phenoxy) is 1. The van der Waals surface area contributed by atoms with Crippen molar-refractivity contribution in [1.29, 1.82) is 0 Å². The Morgan fingerprint density at radius 3 is 2.50 bits per heavy atom. The number of carbonyl (C=O) groups is 2. The molecule has 1 fully saturated rings. The molecule has 0 aliphatic carbocycles. The molecule has 1 aliphatic rings. The summed E-state index contributed by atoms with van der Waals surface area (Å²) in [6, 6.07) is 3.14. The lowest BCUT2D eigenvalue weighted by Crippen LogP contribution is -2.45. The van der Waals surface area contributed by atoms with Gasteiger partial charge in [-0.25, -0.2) is 13.6 Å². The van der Waals surface area contributed by atoms with Crippen LogP contribution in [0.2, 0.25) is 0 Å². The molecule has 0 saturated carbocycles. The fourth-order valence-corrected chi connectivity index (χ4v) is 3.39. The summed E-state index contributed by atoms with van der Waals surface area (Å²) in [6.07, 6.45) is 1.76. The smallest absolute Gasteiger partial charge is 0.339 e. The number of likely N-dealkylation sites (tertiary alicyclic amines) is 1. The molecular formula is C19H21F2N3O4. The summed E-state index contributed by atoms with van der Waals surface area (Å²) in [4.78, 5) is 25.4. The first-order valence-corrected chi connectivity index (χ1v) is 8.95. The van der Waals surface area contributed by atoms with Crippen molar-refractivity contribution in [2.75, 3.05) is 13.1 Å². The number of carboxylic acid groups (broad SMARTS) is 1. The van der Waals surface area contributed by atoms with Crippen molar-refractivity contribution < 1.29 is 28.2 Å². The Bertz CT molecular complexity index is 891. The van der Waals surface area contributed by atoms with E-state index >= 15 is 0 Å². The number of benzene rings is 1. The van der Waals surface area contributed by atoms with Gasteiger partial charge in [0.15, 0.2) is 17.7 Å². The van der Waals surface area contributed by atoms with Gasteiger partial charge in [0, 0.05) is 19.2 Å². The van der Waals surface area contributed by atoms with Gasteiger partial charge in [0.05, 0.1) is 17.9 Å². The van der Waals surface area contributed by atoms with Gasteiger partial charge in [-0.3, -0.25) is 9.48 Å². The second-order valence-electron chi connectivity index (χ2n) is 6.79. The zero-order valence-electron chi connectivity index (χ0n) is 15.6. The fraction of sp³-hybridized carbons (Fsp3) is 0.421. The van der Waals surface area contributed by atoms with Gasteiger partial charge in [0.1, 0.15) is 11.3 Å². The Labute approximate surface area is 160 Å². The number of carboxylic acids is 1. The quantitative estimate of drug-likeness (QED) is 0.844. The van der Waals surface area contributed by atoms with Crippen LogP contribution in [-0.2, 0) is 4.79 Å². The number of halogens is 2.